The van der Waals surface area contributed by atoms with E-state index in [2.05, 4.69) is 20.7 Å². The summed E-state index contributed by atoms with van der Waals surface area (Å²) in [6, 6.07) is 9.42. The van der Waals surface area contributed by atoms with E-state index >= 15 is 0 Å². The molecular formula is C16H11BrF4O. The second-order valence-corrected chi connectivity index (χ2v) is 5.44. The zero-order chi connectivity index (χ0) is 16.1. The summed E-state index contributed by atoms with van der Waals surface area (Å²) < 4.78 is 55.2. The summed E-state index contributed by atoms with van der Waals surface area (Å²) in [5.41, 5.74) is 1.75. The molecule has 0 saturated heterocycles. The molecule has 116 valence electrons. The van der Waals surface area contributed by atoms with Crippen LogP contribution in [0.3, 0.4) is 0 Å². The first-order valence-corrected chi connectivity index (χ1v) is 7.16. The van der Waals surface area contributed by atoms with Gasteiger partial charge in [-0.15, -0.1) is 0 Å². The second kappa shape index (κ2) is 7.45. The summed E-state index contributed by atoms with van der Waals surface area (Å²) in [4.78, 5) is 0. The molecule has 2 rings (SSSR count). The predicted octanol–water partition coefficient (Wildman–Crippen LogP) is 5.79. The molecule has 0 heterocycles. The van der Waals surface area contributed by atoms with Crippen LogP contribution in [0.25, 0.3) is 0 Å². The summed E-state index contributed by atoms with van der Waals surface area (Å²) >= 11 is 3.34. The molecule has 0 aromatic heterocycles. The van der Waals surface area contributed by atoms with Crippen LogP contribution in [-0.4, -0.2) is 0 Å². The molecule has 0 aliphatic carbocycles. The fraction of sp³-hybridized carbons (Fsp3) is 0.125. The monoisotopic (exact) mass is 374 g/mol. The van der Waals surface area contributed by atoms with E-state index < -0.39 is 23.7 Å². The SMILES string of the molecule is FC(F)=C(F)Oc1ccc(CCc2ccc(Br)cc2)cc1F. The Morgan fingerprint density at radius 2 is 1.50 bits per heavy atom. The van der Waals surface area contributed by atoms with Gasteiger partial charge in [0.2, 0.25) is 0 Å². The summed E-state index contributed by atoms with van der Waals surface area (Å²) in [5, 5.41) is 0. The third-order valence-electron chi connectivity index (χ3n) is 2.96. The van der Waals surface area contributed by atoms with Crippen LogP contribution in [0.15, 0.2) is 59.0 Å². The molecule has 1 nitrogen and oxygen atoms in total. The van der Waals surface area contributed by atoms with E-state index in [0.29, 0.717) is 18.4 Å². The average molecular weight is 375 g/mol. The van der Waals surface area contributed by atoms with Gasteiger partial charge in [0.1, 0.15) is 0 Å². The standard InChI is InChI=1S/C16H11BrF4O/c17-12-6-3-10(4-7-12)1-2-11-5-8-14(13(18)9-11)22-16(21)15(19)20/h3-9H,1-2H2. The van der Waals surface area contributed by atoms with Crippen molar-refractivity contribution >= 4 is 15.9 Å². The van der Waals surface area contributed by atoms with Crippen LogP contribution in [0.1, 0.15) is 11.1 Å². The van der Waals surface area contributed by atoms with Crippen LogP contribution in [0, 0.1) is 5.82 Å². The van der Waals surface area contributed by atoms with E-state index in [-0.39, 0.29) is 0 Å². The maximum Gasteiger partial charge on any atom is 0.344 e. The third kappa shape index (κ3) is 4.59. The molecule has 0 amide bonds. The van der Waals surface area contributed by atoms with Gasteiger partial charge < -0.3 is 4.74 Å². The summed E-state index contributed by atoms with van der Waals surface area (Å²) in [6.07, 6.45) is -1.37. The van der Waals surface area contributed by atoms with Gasteiger partial charge in [-0.1, -0.05) is 34.1 Å². The lowest BCUT2D eigenvalue weighted by atomic mass is 10.0. The maximum absolute atomic E-state index is 13.7. The van der Waals surface area contributed by atoms with Crippen molar-refractivity contribution in [3.63, 3.8) is 0 Å². The first kappa shape index (κ1) is 16.5. The summed E-state index contributed by atoms with van der Waals surface area (Å²) in [6.45, 7) is 0. The van der Waals surface area contributed by atoms with E-state index in [9.17, 15) is 17.6 Å². The van der Waals surface area contributed by atoms with E-state index in [1.54, 1.807) is 0 Å². The lowest BCUT2D eigenvalue weighted by Crippen LogP contribution is -1.96. The van der Waals surface area contributed by atoms with Gasteiger partial charge in [-0.2, -0.15) is 13.2 Å². The van der Waals surface area contributed by atoms with E-state index in [0.717, 1.165) is 22.2 Å². The molecule has 6 heteroatoms. The molecule has 22 heavy (non-hydrogen) atoms. The first-order chi connectivity index (χ1) is 10.5. The molecule has 0 atom stereocenters. The minimum atomic E-state index is -2.63. The molecule has 0 aliphatic heterocycles. The molecule has 0 unspecified atom stereocenters. The number of aryl methyl sites for hydroxylation is 2. The molecule has 0 bridgehead atoms. The Hall–Kier alpha value is -1.82. The van der Waals surface area contributed by atoms with Gasteiger partial charge in [0, 0.05) is 4.47 Å². The molecule has 2 aromatic carbocycles. The Labute approximate surface area is 133 Å². The predicted molar refractivity (Wildman–Crippen MR) is 78.9 cm³/mol. The molecular weight excluding hydrogens is 364 g/mol. The summed E-state index contributed by atoms with van der Waals surface area (Å²) in [7, 11) is 0. The van der Waals surface area contributed by atoms with Crippen molar-refractivity contribution in [2.75, 3.05) is 0 Å². The smallest absolute Gasteiger partial charge is 0.344 e. The van der Waals surface area contributed by atoms with Gasteiger partial charge in [-0.05, 0) is 48.2 Å². The molecule has 0 aliphatic rings. The number of hydrogen-bond donors (Lipinski definition) is 0. The lowest BCUT2D eigenvalue weighted by Gasteiger charge is -2.07. The largest absolute Gasteiger partial charge is 0.425 e. The minimum absolute atomic E-state index is 0.564. The Balaban J connectivity index is 2.03. The lowest BCUT2D eigenvalue weighted by molar-refractivity contribution is 0.234. The highest BCUT2D eigenvalue weighted by Gasteiger charge is 2.12. The Morgan fingerprint density at radius 1 is 0.909 bits per heavy atom. The zero-order valence-electron chi connectivity index (χ0n) is 11.3. The van der Waals surface area contributed by atoms with Crippen LogP contribution in [0.5, 0.6) is 5.75 Å². The van der Waals surface area contributed by atoms with Crippen molar-refractivity contribution in [3.05, 3.63) is 76.0 Å². The quantitative estimate of drug-likeness (QED) is 0.475. The van der Waals surface area contributed by atoms with E-state index in [1.807, 2.05) is 24.3 Å². The Bertz CT molecular complexity index is 679. The molecule has 0 fully saturated rings. The van der Waals surface area contributed by atoms with Gasteiger partial charge in [-0.3, -0.25) is 0 Å². The topological polar surface area (TPSA) is 9.23 Å². The van der Waals surface area contributed by atoms with Crippen molar-refractivity contribution in [2.24, 2.45) is 0 Å². The number of benzene rings is 2. The Morgan fingerprint density at radius 3 is 2.09 bits per heavy atom. The van der Waals surface area contributed by atoms with Crippen molar-refractivity contribution < 1.29 is 22.3 Å². The maximum atomic E-state index is 13.7. The fourth-order valence-corrected chi connectivity index (χ4v) is 2.12. The number of rotatable bonds is 5. The average Bonchev–Trinajstić information content (AvgIpc) is 2.49. The van der Waals surface area contributed by atoms with Crippen LogP contribution in [0.4, 0.5) is 17.6 Å². The molecule has 0 saturated carbocycles. The Kier molecular flexibility index (Phi) is 5.60. The second-order valence-electron chi connectivity index (χ2n) is 4.53. The van der Waals surface area contributed by atoms with Crippen molar-refractivity contribution in [1.29, 1.82) is 0 Å². The van der Waals surface area contributed by atoms with Crippen LogP contribution >= 0.6 is 15.9 Å². The van der Waals surface area contributed by atoms with Gasteiger partial charge in [-0.25, -0.2) is 4.39 Å². The molecule has 2 aromatic rings. The summed E-state index contributed by atoms with van der Waals surface area (Å²) in [5.74, 6) is -1.46. The highest BCUT2D eigenvalue weighted by Crippen LogP contribution is 2.23. The van der Waals surface area contributed by atoms with E-state index in [1.165, 1.54) is 6.07 Å². The zero-order valence-corrected chi connectivity index (χ0v) is 12.8. The molecule has 0 radical (unpaired) electrons. The molecule has 0 N–H and O–H groups in total. The van der Waals surface area contributed by atoms with Gasteiger partial charge in [0.15, 0.2) is 11.6 Å². The fourth-order valence-electron chi connectivity index (χ4n) is 1.86. The van der Waals surface area contributed by atoms with Gasteiger partial charge in [0.05, 0.1) is 0 Å². The number of ether oxygens (including phenoxy) is 1. The normalized spacial score (nSPS) is 10.4. The van der Waals surface area contributed by atoms with E-state index in [4.69, 9.17) is 0 Å². The van der Waals surface area contributed by atoms with Crippen molar-refractivity contribution in [3.8, 4) is 5.75 Å². The first-order valence-electron chi connectivity index (χ1n) is 6.37. The van der Waals surface area contributed by atoms with Gasteiger partial charge in [0.25, 0.3) is 0 Å². The van der Waals surface area contributed by atoms with Crippen LogP contribution < -0.4 is 4.74 Å². The third-order valence-corrected chi connectivity index (χ3v) is 3.49. The highest BCUT2D eigenvalue weighted by atomic mass is 79.9. The van der Waals surface area contributed by atoms with Crippen LogP contribution in [-0.2, 0) is 12.8 Å². The minimum Gasteiger partial charge on any atom is -0.425 e. The number of halogens is 5. The van der Waals surface area contributed by atoms with Crippen molar-refractivity contribution in [2.45, 2.75) is 12.8 Å². The number of hydrogen-bond acceptors (Lipinski definition) is 1. The van der Waals surface area contributed by atoms with Crippen molar-refractivity contribution in [1.82, 2.24) is 0 Å². The van der Waals surface area contributed by atoms with Crippen LogP contribution in [0.2, 0.25) is 0 Å². The highest BCUT2D eigenvalue weighted by molar-refractivity contribution is 9.10. The van der Waals surface area contributed by atoms with Gasteiger partial charge >= 0.3 is 12.1 Å². The molecule has 0 spiro atoms.